The second kappa shape index (κ2) is 18.6. The van der Waals surface area contributed by atoms with Gasteiger partial charge in [-0.2, -0.15) is 0 Å². The molecule has 0 aromatic heterocycles. The van der Waals surface area contributed by atoms with Gasteiger partial charge in [0.2, 0.25) is 0 Å². The molecule has 0 atom stereocenters. The highest BCUT2D eigenvalue weighted by atomic mass is 16.5. The van der Waals surface area contributed by atoms with Gasteiger partial charge in [0.15, 0.2) is 0 Å². The summed E-state index contributed by atoms with van der Waals surface area (Å²) in [4.78, 5) is 24.2. The van der Waals surface area contributed by atoms with Gasteiger partial charge < -0.3 is 24.4 Å². The molecule has 4 saturated carbocycles. The van der Waals surface area contributed by atoms with Crippen LogP contribution in [0.25, 0.3) is 0 Å². The normalized spacial score (nSPS) is 25.2. The molecule has 0 aliphatic heterocycles. The average molecular weight is 669 g/mol. The lowest BCUT2D eigenvalue weighted by Gasteiger charge is -2.58. The summed E-state index contributed by atoms with van der Waals surface area (Å²) in [5.74, 6) is 1.12. The summed E-state index contributed by atoms with van der Waals surface area (Å²) in [6.07, 6.45) is 21.0. The number of fused-ring (bicyclic) bond motifs is 3. The number of carbonyl (C=O) groups is 2. The Labute approximate surface area is 290 Å². The number of ether oxygens (including phenoxy) is 3. The zero-order valence-electron chi connectivity index (χ0n) is 30.3. The van der Waals surface area contributed by atoms with Crippen LogP contribution in [0, 0.1) is 22.7 Å². The predicted molar refractivity (Wildman–Crippen MR) is 190 cm³/mol. The van der Waals surface area contributed by atoms with Crippen molar-refractivity contribution in [2.45, 2.75) is 142 Å². The molecule has 0 spiro atoms. The van der Waals surface area contributed by atoms with Gasteiger partial charge >= 0.3 is 11.9 Å². The van der Waals surface area contributed by atoms with Crippen molar-refractivity contribution in [3.63, 3.8) is 0 Å². The third kappa shape index (κ3) is 10.1. The molecule has 0 amide bonds. The van der Waals surface area contributed by atoms with Crippen molar-refractivity contribution in [3.8, 4) is 5.75 Å². The Bertz CT molecular complexity index is 1170. The standard InChI is InChI=1S/C41H64O7/c1-5-7-8-16-40-17-20-41(21-18-40,22-19-40)36-11-9-32(10-12-36)35-26-33(14-24-46-37(44)6-2)38(47-23-13-31(28-42)29-43)34(27-35)15-25-48-39(45)30(3)4/h26-27,31-32,36,42-43H,3,5-25,28-29H2,1-2,4H3. The molecule has 1 aromatic carbocycles. The molecule has 4 fully saturated rings. The fraction of sp³-hybridized carbons (Fsp3) is 0.756. The van der Waals surface area contributed by atoms with Crippen LogP contribution < -0.4 is 4.74 Å². The highest BCUT2D eigenvalue weighted by Gasteiger charge is 2.51. The molecule has 5 rings (SSSR count). The van der Waals surface area contributed by atoms with Gasteiger partial charge in [-0.05, 0) is 123 Å². The van der Waals surface area contributed by atoms with Crippen LogP contribution in [0.4, 0.5) is 0 Å². The summed E-state index contributed by atoms with van der Waals surface area (Å²) in [6, 6.07) is 4.50. The van der Waals surface area contributed by atoms with E-state index in [1.54, 1.807) is 13.8 Å². The first-order valence-electron chi connectivity index (χ1n) is 19.2. The number of esters is 2. The number of unbranched alkanes of at least 4 members (excludes halogenated alkanes) is 2. The van der Waals surface area contributed by atoms with Crippen LogP contribution in [-0.2, 0) is 31.9 Å². The average Bonchev–Trinajstić information content (AvgIpc) is 3.11. The van der Waals surface area contributed by atoms with Crippen molar-refractivity contribution in [1.82, 2.24) is 0 Å². The lowest BCUT2D eigenvalue weighted by Crippen LogP contribution is -2.46. The Balaban J connectivity index is 1.50. The van der Waals surface area contributed by atoms with Gasteiger partial charge in [-0.15, -0.1) is 0 Å². The monoisotopic (exact) mass is 668 g/mol. The molecule has 7 nitrogen and oxygen atoms in total. The lowest BCUT2D eigenvalue weighted by molar-refractivity contribution is -0.143. The van der Waals surface area contributed by atoms with E-state index in [1.807, 2.05) is 0 Å². The number of hydrogen-bond acceptors (Lipinski definition) is 7. The van der Waals surface area contributed by atoms with Crippen molar-refractivity contribution in [1.29, 1.82) is 0 Å². The Morgan fingerprint density at radius 2 is 1.48 bits per heavy atom. The number of carbonyl (C=O) groups excluding carboxylic acids is 2. The van der Waals surface area contributed by atoms with E-state index in [2.05, 4.69) is 25.6 Å². The summed E-state index contributed by atoms with van der Waals surface area (Å²) >= 11 is 0. The Morgan fingerprint density at radius 3 is 2.02 bits per heavy atom. The van der Waals surface area contributed by atoms with Gasteiger partial charge in [-0.1, -0.05) is 51.8 Å². The molecular weight excluding hydrogens is 604 g/mol. The van der Waals surface area contributed by atoms with Crippen LogP contribution in [-0.4, -0.2) is 55.2 Å². The number of hydrogen-bond donors (Lipinski definition) is 2. The zero-order valence-corrected chi connectivity index (χ0v) is 30.3. The lowest BCUT2D eigenvalue weighted by atomic mass is 9.47. The van der Waals surface area contributed by atoms with Gasteiger partial charge in [0.25, 0.3) is 0 Å². The van der Waals surface area contributed by atoms with Crippen LogP contribution in [0.1, 0.15) is 146 Å². The maximum absolute atomic E-state index is 12.2. The zero-order chi connectivity index (χ0) is 34.6. The fourth-order valence-corrected chi connectivity index (χ4v) is 8.96. The molecule has 48 heavy (non-hydrogen) atoms. The van der Waals surface area contributed by atoms with E-state index in [0.29, 0.717) is 54.6 Å². The van der Waals surface area contributed by atoms with E-state index in [1.165, 1.54) is 95.5 Å². The van der Waals surface area contributed by atoms with E-state index >= 15 is 0 Å². The third-order valence-corrected chi connectivity index (χ3v) is 12.3. The van der Waals surface area contributed by atoms with Crippen LogP contribution >= 0.6 is 0 Å². The minimum absolute atomic E-state index is 0.105. The summed E-state index contributed by atoms with van der Waals surface area (Å²) in [6.45, 7) is 10.1. The first kappa shape index (κ1) is 38.4. The van der Waals surface area contributed by atoms with Crippen molar-refractivity contribution in [2.75, 3.05) is 33.0 Å². The van der Waals surface area contributed by atoms with Crippen molar-refractivity contribution in [3.05, 3.63) is 41.0 Å². The largest absolute Gasteiger partial charge is 0.493 e. The van der Waals surface area contributed by atoms with Crippen LogP contribution in [0.2, 0.25) is 0 Å². The molecule has 0 saturated heterocycles. The molecule has 2 N–H and O–H groups in total. The molecular formula is C41H64O7. The van der Waals surface area contributed by atoms with Gasteiger partial charge in [0.1, 0.15) is 5.75 Å². The second-order valence-corrected chi connectivity index (χ2v) is 15.4. The van der Waals surface area contributed by atoms with Gasteiger partial charge in [0.05, 0.1) is 19.8 Å². The predicted octanol–water partition coefficient (Wildman–Crippen LogP) is 8.41. The van der Waals surface area contributed by atoms with Crippen molar-refractivity contribution < 1.29 is 34.0 Å². The van der Waals surface area contributed by atoms with E-state index in [4.69, 9.17) is 14.2 Å². The number of aliphatic hydroxyl groups is 2. The molecule has 4 aliphatic carbocycles. The third-order valence-electron chi connectivity index (χ3n) is 12.3. The van der Waals surface area contributed by atoms with E-state index < -0.39 is 5.97 Å². The van der Waals surface area contributed by atoms with Gasteiger partial charge in [-0.25, -0.2) is 4.79 Å². The molecule has 270 valence electrons. The summed E-state index contributed by atoms with van der Waals surface area (Å²) < 4.78 is 17.4. The highest BCUT2D eigenvalue weighted by Crippen LogP contribution is 2.63. The summed E-state index contributed by atoms with van der Waals surface area (Å²) in [5.41, 5.74) is 4.83. The second-order valence-electron chi connectivity index (χ2n) is 15.4. The van der Waals surface area contributed by atoms with Crippen LogP contribution in [0.3, 0.4) is 0 Å². The fourth-order valence-electron chi connectivity index (χ4n) is 8.96. The van der Waals surface area contributed by atoms with Crippen molar-refractivity contribution >= 4 is 11.9 Å². The molecule has 0 heterocycles. The smallest absolute Gasteiger partial charge is 0.333 e. The van der Waals surface area contributed by atoms with Gasteiger partial charge in [0, 0.05) is 44.0 Å². The van der Waals surface area contributed by atoms with E-state index in [9.17, 15) is 19.8 Å². The summed E-state index contributed by atoms with van der Waals surface area (Å²) in [7, 11) is 0. The SMILES string of the molecule is C=C(C)C(=O)OCCc1cc(C2CCC(C34CCC(CCCCC)(CC3)CC4)CC2)cc(CCOC(=O)CC)c1OCCC(CO)CO. The van der Waals surface area contributed by atoms with E-state index in [-0.39, 0.29) is 38.3 Å². The maximum Gasteiger partial charge on any atom is 0.333 e. The number of aliphatic hydroxyl groups excluding tert-OH is 2. The minimum atomic E-state index is -0.407. The molecule has 1 aromatic rings. The molecule has 0 unspecified atom stereocenters. The van der Waals surface area contributed by atoms with Crippen LogP contribution in [0.5, 0.6) is 5.75 Å². The molecule has 0 radical (unpaired) electrons. The highest BCUT2D eigenvalue weighted by molar-refractivity contribution is 5.86. The first-order valence-corrected chi connectivity index (χ1v) is 19.2. The number of benzene rings is 1. The first-order chi connectivity index (χ1) is 23.2. The van der Waals surface area contributed by atoms with Crippen LogP contribution in [0.15, 0.2) is 24.3 Å². The Hall–Kier alpha value is -2.38. The Kier molecular flexibility index (Phi) is 14.9. The maximum atomic E-state index is 12.2. The number of rotatable bonds is 20. The van der Waals surface area contributed by atoms with Gasteiger partial charge in [-0.3, -0.25) is 4.79 Å². The molecule has 4 aliphatic rings. The quantitative estimate of drug-likeness (QED) is 0.0817. The van der Waals surface area contributed by atoms with Crippen molar-refractivity contribution in [2.24, 2.45) is 22.7 Å². The van der Waals surface area contributed by atoms with E-state index in [0.717, 1.165) is 22.8 Å². The minimum Gasteiger partial charge on any atom is -0.493 e. The molecule has 2 bridgehead atoms. The topological polar surface area (TPSA) is 102 Å². The Morgan fingerprint density at radius 1 is 0.875 bits per heavy atom. The molecule has 7 heteroatoms. The summed E-state index contributed by atoms with van der Waals surface area (Å²) in [5, 5.41) is 19.2.